The second-order valence-electron chi connectivity index (χ2n) is 11.9. The van der Waals surface area contributed by atoms with Gasteiger partial charge in [-0.1, -0.05) is 27.7 Å². The molecular weight excluding hydrogens is 348 g/mol. The number of carbonyl (C=O) groups is 1. The van der Waals surface area contributed by atoms with Crippen LogP contribution >= 0.6 is 0 Å². The van der Waals surface area contributed by atoms with Crippen LogP contribution in [0.15, 0.2) is 0 Å². The molecular formula is C25H42O3. The van der Waals surface area contributed by atoms with E-state index in [1.807, 2.05) is 20.8 Å². The molecule has 4 aliphatic carbocycles. The monoisotopic (exact) mass is 390 g/mol. The smallest absolute Gasteiger partial charge is 0.160 e. The van der Waals surface area contributed by atoms with Gasteiger partial charge in [0.05, 0.1) is 11.7 Å². The summed E-state index contributed by atoms with van der Waals surface area (Å²) in [6.45, 7) is 11.3. The molecule has 4 rings (SSSR count). The predicted molar refractivity (Wildman–Crippen MR) is 112 cm³/mol. The molecule has 0 aromatic heterocycles. The van der Waals surface area contributed by atoms with Gasteiger partial charge in [-0.15, -0.1) is 0 Å². The molecule has 0 radical (unpaired) electrons. The SMILES string of the molecule is CC(C)C(=O)CO[C@H]1CCC2C3CC[C@H]4C[C@@](C)(O)CC[C@]4(C)C3CC[C@@]21C. The van der Waals surface area contributed by atoms with Crippen LogP contribution in [0.1, 0.15) is 92.4 Å². The molecule has 0 aromatic rings. The maximum Gasteiger partial charge on any atom is 0.160 e. The number of rotatable bonds is 4. The highest BCUT2D eigenvalue weighted by atomic mass is 16.5. The van der Waals surface area contributed by atoms with Gasteiger partial charge in [0.2, 0.25) is 0 Å². The Labute approximate surface area is 172 Å². The largest absolute Gasteiger partial charge is 0.390 e. The lowest BCUT2D eigenvalue weighted by Gasteiger charge is -2.61. The Balaban J connectivity index is 1.48. The van der Waals surface area contributed by atoms with Crippen LogP contribution in [0.5, 0.6) is 0 Å². The highest BCUT2D eigenvalue weighted by Crippen LogP contribution is 2.67. The summed E-state index contributed by atoms with van der Waals surface area (Å²) in [6, 6.07) is 0. The molecule has 4 aliphatic rings. The zero-order chi connectivity index (χ0) is 20.3. The Morgan fingerprint density at radius 2 is 1.68 bits per heavy atom. The molecule has 3 nitrogen and oxygen atoms in total. The minimum atomic E-state index is -0.449. The summed E-state index contributed by atoms with van der Waals surface area (Å²) in [5.41, 5.74) is 0.219. The summed E-state index contributed by atoms with van der Waals surface area (Å²) in [4.78, 5) is 12.1. The van der Waals surface area contributed by atoms with Crippen LogP contribution in [0, 0.1) is 40.4 Å². The Bertz CT molecular complexity index is 611. The first-order valence-electron chi connectivity index (χ1n) is 11.9. The van der Waals surface area contributed by atoms with E-state index in [2.05, 4.69) is 13.8 Å². The summed E-state index contributed by atoms with van der Waals surface area (Å²) >= 11 is 0. The van der Waals surface area contributed by atoms with Crippen LogP contribution in [-0.4, -0.2) is 29.2 Å². The first kappa shape index (κ1) is 20.8. The number of Topliss-reactive ketones (excluding diaryl/α,β-unsaturated/α-hetero) is 1. The number of ether oxygens (including phenoxy) is 1. The zero-order valence-electron chi connectivity index (χ0n) is 18.8. The summed E-state index contributed by atoms with van der Waals surface area (Å²) in [5.74, 6) is 3.39. The molecule has 4 saturated carbocycles. The van der Waals surface area contributed by atoms with Crippen LogP contribution in [-0.2, 0) is 9.53 Å². The fraction of sp³-hybridized carbons (Fsp3) is 0.960. The second-order valence-corrected chi connectivity index (χ2v) is 11.9. The maximum absolute atomic E-state index is 12.1. The zero-order valence-corrected chi connectivity index (χ0v) is 18.8. The molecule has 0 amide bonds. The van der Waals surface area contributed by atoms with E-state index in [1.165, 1.54) is 38.5 Å². The van der Waals surface area contributed by atoms with Crippen molar-refractivity contribution in [1.82, 2.24) is 0 Å². The molecule has 3 unspecified atom stereocenters. The lowest BCUT2D eigenvalue weighted by Crippen LogP contribution is -2.56. The van der Waals surface area contributed by atoms with Crippen molar-refractivity contribution >= 4 is 5.78 Å². The Kier molecular flexibility index (Phi) is 5.27. The molecule has 0 saturated heterocycles. The Hall–Kier alpha value is -0.410. The number of hydrogen-bond donors (Lipinski definition) is 1. The normalized spacial score (nSPS) is 50.8. The maximum atomic E-state index is 12.1. The molecule has 1 N–H and O–H groups in total. The van der Waals surface area contributed by atoms with Crippen LogP contribution in [0.25, 0.3) is 0 Å². The molecule has 0 heterocycles. The number of hydrogen-bond acceptors (Lipinski definition) is 3. The number of fused-ring (bicyclic) bond motifs is 5. The minimum absolute atomic E-state index is 0.0690. The Morgan fingerprint density at radius 3 is 2.39 bits per heavy atom. The van der Waals surface area contributed by atoms with Crippen molar-refractivity contribution in [3.05, 3.63) is 0 Å². The lowest BCUT2D eigenvalue weighted by molar-refractivity contribution is -0.158. The van der Waals surface area contributed by atoms with E-state index in [9.17, 15) is 9.90 Å². The van der Waals surface area contributed by atoms with Gasteiger partial charge in [0.25, 0.3) is 0 Å². The molecule has 0 spiro atoms. The van der Waals surface area contributed by atoms with Gasteiger partial charge in [-0.05, 0) is 99.2 Å². The average molecular weight is 391 g/mol. The van der Waals surface area contributed by atoms with Crippen LogP contribution in [0.2, 0.25) is 0 Å². The van der Waals surface area contributed by atoms with Gasteiger partial charge in [0.1, 0.15) is 6.61 Å². The van der Waals surface area contributed by atoms with Gasteiger partial charge in [-0.3, -0.25) is 4.79 Å². The third-order valence-corrected chi connectivity index (χ3v) is 9.94. The summed E-state index contributed by atoms with van der Waals surface area (Å²) < 4.78 is 6.25. The molecule has 0 aromatic carbocycles. The molecule has 28 heavy (non-hydrogen) atoms. The number of ketones is 1. The van der Waals surface area contributed by atoms with Gasteiger partial charge >= 0.3 is 0 Å². The topological polar surface area (TPSA) is 46.5 Å². The summed E-state index contributed by atoms with van der Waals surface area (Å²) in [6.07, 6.45) is 11.0. The van der Waals surface area contributed by atoms with E-state index < -0.39 is 5.60 Å². The van der Waals surface area contributed by atoms with Crippen molar-refractivity contribution in [2.45, 2.75) is 104 Å². The third kappa shape index (κ3) is 3.29. The highest BCUT2D eigenvalue weighted by molar-refractivity contribution is 5.81. The van der Waals surface area contributed by atoms with Crippen molar-refractivity contribution < 1.29 is 14.6 Å². The van der Waals surface area contributed by atoms with E-state index in [4.69, 9.17) is 4.74 Å². The van der Waals surface area contributed by atoms with Crippen molar-refractivity contribution in [3.8, 4) is 0 Å². The molecule has 8 atom stereocenters. The molecule has 4 fully saturated rings. The molecule has 3 heteroatoms. The third-order valence-electron chi connectivity index (χ3n) is 9.94. The van der Waals surface area contributed by atoms with Gasteiger partial charge in [0, 0.05) is 5.92 Å². The summed E-state index contributed by atoms with van der Waals surface area (Å²) in [5, 5.41) is 10.6. The van der Waals surface area contributed by atoms with Gasteiger partial charge < -0.3 is 9.84 Å². The van der Waals surface area contributed by atoms with E-state index in [0.29, 0.717) is 17.9 Å². The predicted octanol–water partition coefficient (Wildman–Crippen LogP) is 5.39. The summed E-state index contributed by atoms with van der Waals surface area (Å²) in [7, 11) is 0. The molecule has 0 bridgehead atoms. The average Bonchev–Trinajstić information content (AvgIpc) is 2.96. The lowest BCUT2D eigenvalue weighted by atomic mass is 9.44. The second kappa shape index (κ2) is 7.08. The van der Waals surface area contributed by atoms with Crippen molar-refractivity contribution in [1.29, 1.82) is 0 Å². The minimum Gasteiger partial charge on any atom is -0.390 e. The standard InChI is InChI=1S/C25H42O3/c1-16(2)21(26)15-28-22-9-8-19-18-7-6-17-14-23(3,27)12-13-24(17,4)20(18)10-11-25(19,22)5/h16-20,22,27H,6-15H2,1-5H3/t17-,18?,19?,20?,22-,23-,24-,25-/m0/s1. The highest BCUT2D eigenvalue weighted by Gasteiger charge is 2.61. The van der Waals surface area contributed by atoms with Gasteiger partial charge in [-0.2, -0.15) is 0 Å². The number of carbonyl (C=O) groups excluding carboxylic acids is 1. The quantitative estimate of drug-likeness (QED) is 0.700. The Morgan fingerprint density at radius 1 is 0.964 bits per heavy atom. The van der Waals surface area contributed by atoms with Crippen molar-refractivity contribution in [3.63, 3.8) is 0 Å². The van der Waals surface area contributed by atoms with Crippen molar-refractivity contribution in [2.24, 2.45) is 40.4 Å². The first-order chi connectivity index (χ1) is 13.1. The molecule has 160 valence electrons. The van der Waals surface area contributed by atoms with E-state index >= 15 is 0 Å². The van der Waals surface area contributed by atoms with E-state index in [1.54, 1.807) is 0 Å². The van der Waals surface area contributed by atoms with Gasteiger partial charge in [-0.25, -0.2) is 0 Å². The molecule has 0 aliphatic heterocycles. The van der Waals surface area contributed by atoms with Crippen molar-refractivity contribution in [2.75, 3.05) is 6.61 Å². The van der Waals surface area contributed by atoms with Crippen LogP contribution < -0.4 is 0 Å². The van der Waals surface area contributed by atoms with Gasteiger partial charge in [0.15, 0.2) is 5.78 Å². The van der Waals surface area contributed by atoms with E-state index in [-0.39, 0.29) is 23.2 Å². The first-order valence-corrected chi connectivity index (χ1v) is 11.9. The van der Waals surface area contributed by atoms with Crippen LogP contribution in [0.3, 0.4) is 0 Å². The van der Waals surface area contributed by atoms with E-state index in [0.717, 1.165) is 37.0 Å². The fourth-order valence-corrected chi connectivity index (χ4v) is 8.01. The fourth-order valence-electron chi connectivity index (χ4n) is 8.01. The number of aliphatic hydroxyl groups is 1. The van der Waals surface area contributed by atoms with Crippen LogP contribution in [0.4, 0.5) is 0 Å².